The van der Waals surface area contributed by atoms with Crippen molar-refractivity contribution < 1.29 is 38.1 Å². The average Bonchev–Trinajstić information content (AvgIpc) is 3.49. The first-order valence-corrected chi connectivity index (χ1v) is 10.5. The van der Waals surface area contributed by atoms with Gasteiger partial charge in [0.05, 0.1) is 17.0 Å². The predicted molar refractivity (Wildman–Crippen MR) is 112 cm³/mol. The second-order valence-corrected chi connectivity index (χ2v) is 8.02. The number of ether oxygens (including phenoxy) is 4. The molecule has 0 aliphatic heterocycles. The molecule has 0 bridgehead atoms. The topological polar surface area (TPSA) is 131 Å². The van der Waals surface area contributed by atoms with E-state index in [1.165, 1.54) is 0 Å². The van der Waals surface area contributed by atoms with Gasteiger partial charge in [0, 0.05) is 5.92 Å². The van der Waals surface area contributed by atoms with E-state index in [1.54, 1.807) is 60.7 Å². The maximum atomic E-state index is 12.6. The third-order valence-corrected chi connectivity index (χ3v) is 6.10. The van der Waals surface area contributed by atoms with Crippen molar-refractivity contribution in [1.82, 2.24) is 0 Å². The van der Waals surface area contributed by atoms with Gasteiger partial charge in [0.25, 0.3) is 0 Å². The smallest absolute Gasteiger partial charge is 0.340 e. The number of fused-ring (bicyclic) bond motifs is 1. The summed E-state index contributed by atoms with van der Waals surface area (Å²) in [6.07, 6.45) is 0.907. The number of hydrogen-bond donors (Lipinski definition) is 1. The summed E-state index contributed by atoms with van der Waals surface area (Å²) >= 11 is 0. The zero-order valence-corrected chi connectivity index (χ0v) is 17.7. The van der Waals surface area contributed by atoms with E-state index in [1.807, 2.05) is 0 Å². The third-order valence-electron chi connectivity index (χ3n) is 6.10. The monoisotopic (exact) mass is 453 g/mol. The quantitative estimate of drug-likeness (QED) is 0.471. The maximum Gasteiger partial charge on any atom is 0.340 e. The first-order chi connectivity index (χ1) is 15.9. The highest BCUT2D eigenvalue weighted by Gasteiger charge is 2.70. The lowest BCUT2D eigenvalue weighted by Crippen LogP contribution is -2.51. The minimum absolute atomic E-state index is 0.105. The Balaban J connectivity index is 1.23. The summed E-state index contributed by atoms with van der Waals surface area (Å²) in [4.78, 5) is 48.9. The second-order valence-electron chi connectivity index (χ2n) is 8.02. The molecule has 9 nitrogen and oxygen atoms in total. The molecule has 33 heavy (non-hydrogen) atoms. The van der Waals surface area contributed by atoms with E-state index in [0.29, 0.717) is 24.0 Å². The summed E-state index contributed by atoms with van der Waals surface area (Å²) in [7, 11) is 0. The van der Waals surface area contributed by atoms with Crippen molar-refractivity contribution in [2.45, 2.75) is 18.4 Å². The number of carbonyl (C=O) groups excluding carboxylic acids is 4. The van der Waals surface area contributed by atoms with Gasteiger partial charge in [-0.05, 0) is 43.0 Å². The predicted octanol–water partition coefficient (Wildman–Crippen LogP) is 2.06. The van der Waals surface area contributed by atoms with Gasteiger partial charge in [-0.3, -0.25) is 4.79 Å². The van der Waals surface area contributed by atoms with Crippen molar-refractivity contribution in [1.29, 1.82) is 0 Å². The molecule has 0 radical (unpaired) electrons. The van der Waals surface area contributed by atoms with Crippen molar-refractivity contribution in [3.8, 4) is 0 Å². The molecule has 0 saturated heterocycles. The molecule has 0 unspecified atom stereocenters. The Morgan fingerprint density at radius 1 is 0.788 bits per heavy atom. The Morgan fingerprint density at radius 2 is 1.30 bits per heavy atom. The van der Waals surface area contributed by atoms with Crippen molar-refractivity contribution in [2.24, 2.45) is 23.5 Å². The molecule has 4 atom stereocenters. The Labute approximate surface area is 189 Å². The van der Waals surface area contributed by atoms with E-state index in [0.717, 1.165) is 0 Å². The molecule has 9 heteroatoms. The normalized spacial score (nSPS) is 24.8. The number of nitrogens with two attached hydrogens (primary N) is 1. The van der Waals surface area contributed by atoms with Gasteiger partial charge in [-0.2, -0.15) is 0 Å². The zero-order chi connectivity index (χ0) is 23.4. The van der Waals surface area contributed by atoms with Crippen LogP contribution in [-0.2, 0) is 28.5 Å². The van der Waals surface area contributed by atoms with Crippen LogP contribution in [0.3, 0.4) is 0 Å². The van der Waals surface area contributed by atoms with E-state index >= 15 is 0 Å². The molecule has 2 aromatic carbocycles. The molecule has 0 aromatic heterocycles. The standard InChI is InChI=1S/C24H23NO8/c25-24(23(29)33-14-31-21(27)16-9-5-2-6-10-16)12-11-17-18(19(17)24)22(28)32-13-30-20(26)15-7-3-1-4-8-15/h1-10,17-19H,11-14,25H2/t17-,18-,19-,24-/m0/s1. The van der Waals surface area contributed by atoms with Crippen molar-refractivity contribution in [3.63, 3.8) is 0 Å². The lowest BCUT2D eigenvalue weighted by atomic mass is 9.91. The largest absolute Gasteiger partial charge is 0.428 e. The molecular formula is C24H23NO8. The summed E-state index contributed by atoms with van der Waals surface area (Å²) in [5.74, 6) is -3.67. The summed E-state index contributed by atoms with van der Waals surface area (Å²) in [6, 6.07) is 16.6. The van der Waals surface area contributed by atoms with Crippen molar-refractivity contribution in [3.05, 3.63) is 71.8 Å². The fourth-order valence-electron chi connectivity index (χ4n) is 4.39. The highest BCUT2D eigenvalue weighted by atomic mass is 16.7. The average molecular weight is 453 g/mol. The van der Waals surface area contributed by atoms with E-state index in [9.17, 15) is 19.2 Å². The minimum atomic E-state index is -1.37. The van der Waals surface area contributed by atoms with Gasteiger partial charge in [0.15, 0.2) is 0 Å². The van der Waals surface area contributed by atoms with Gasteiger partial charge in [-0.25, -0.2) is 14.4 Å². The van der Waals surface area contributed by atoms with Gasteiger partial charge in [-0.15, -0.1) is 0 Å². The van der Waals surface area contributed by atoms with E-state index in [2.05, 4.69) is 0 Å². The summed E-state index contributed by atoms with van der Waals surface area (Å²) < 4.78 is 20.1. The van der Waals surface area contributed by atoms with Crippen LogP contribution >= 0.6 is 0 Å². The van der Waals surface area contributed by atoms with Gasteiger partial charge >= 0.3 is 23.9 Å². The summed E-state index contributed by atoms with van der Waals surface area (Å²) in [5.41, 5.74) is 5.59. The van der Waals surface area contributed by atoms with Gasteiger partial charge in [-0.1, -0.05) is 36.4 Å². The highest BCUT2D eigenvalue weighted by molar-refractivity contribution is 5.90. The van der Waals surface area contributed by atoms with Gasteiger partial charge in [0.2, 0.25) is 13.6 Å². The molecular weight excluding hydrogens is 430 g/mol. The minimum Gasteiger partial charge on any atom is -0.428 e. The van der Waals surface area contributed by atoms with Gasteiger partial charge in [0.1, 0.15) is 5.54 Å². The van der Waals surface area contributed by atoms with E-state index < -0.39 is 54.8 Å². The number of carbonyl (C=O) groups is 4. The number of rotatable bonds is 8. The molecule has 2 aliphatic rings. The molecule has 2 aliphatic carbocycles. The van der Waals surface area contributed by atoms with Crippen LogP contribution in [0.15, 0.2) is 60.7 Å². The Hall–Kier alpha value is -3.72. The molecule has 0 spiro atoms. The van der Waals surface area contributed by atoms with Crippen LogP contribution in [0.2, 0.25) is 0 Å². The Bertz CT molecular complexity index is 1040. The van der Waals surface area contributed by atoms with Crippen molar-refractivity contribution in [2.75, 3.05) is 13.6 Å². The maximum absolute atomic E-state index is 12.6. The third kappa shape index (κ3) is 4.73. The van der Waals surface area contributed by atoms with Crippen LogP contribution in [0.25, 0.3) is 0 Å². The number of esters is 4. The van der Waals surface area contributed by atoms with Crippen LogP contribution in [0.4, 0.5) is 0 Å². The van der Waals surface area contributed by atoms with Gasteiger partial charge < -0.3 is 24.7 Å². The second kappa shape index (κ2) is 9.41. The molecule has 0 amide bonds. The first-order valence-electron chi connectivity index (χ1n) is 10.5. The lowest BCUT2D eigenvalue weighted by Gasteiger charge is -2.24. The molecule has 2 fully saturated rings. The van der Waals surface area contributed by atoms with Crippen molar-refractivity contribution >= 4 is 23.9 Å². The van der Waals surface area contributed by atoms with E-state index in [-0.39, 0.29) is 5.92 Å². The lowest BCUT2D eigenvalue weighted by molar-refractivity contribution is -0.160. The fourth-order valence-corrected chi connectivity index (χ4v) is 4.39. The first kappa shape index (κ1) is 22.5. The SMILES string of the molecule is N[C@@]1(C(=O)OCOC(=O)c2ccccc2)CC[C@H]2[C@H](C(=O)OCOC(=O)c3ccccc3)[C@H]21. The summed E-state index contributed by atoms with van der Waals surface area (Å²) in [6.45, 7) is -1.10. The van der Waals surface area contributed by atoms with Crippen LogP contribution in [-0.4, -0.2) is 43.0 Å². The zero-order valence-electron chi connectivity index (χ0n) is 17.7. The molecule has 2 N–H and O–H groups in total. The van der Waals surface area contributed by atoms with Crippen LogP contribution in [0.5, 0.6) is 0 Å². The van der Waals surface area contributed by atoms with Crippen LogP contribution in [0, 0.1) is 17.8 Å². The number of benzene rings is 2. The Kier molecular flexibility index (Phi) is 6.41. The molecule has 0 heterocycles. The molecule has 2 saturated carbocycles. The Morgan fingerprint density at radius 3 is 1.85 bits per heavy atom. The molecule has 2 aromatic rings. The van der Waals surface area contributed by atoms with Crippen LogP contribution in [0.1, 0.15) is 33.6 Å². The van der Waals surface area contributed by atoms with E-state index in [4.69, 9.17) is 24.7 Å². The number of hydrogen-bond acceptors (Lipinski definition) is 9. The molecule has 4 rings (SSSR count). The summed E-state index contributed by atoms with van der Waals surface area (Å²) in [5, 5.41) is 0. The highest BCUT2D eigenvalue weighted by Crippen LogP contribution is 2.62. The van der Waals surface area contributed by atoms with Crippen LogP contribution < -0.4 is 5.73 Å². The fraction of sp³-hybridized carbons (Fsp3) is 0.333. The molecule has 172 valence electrons.